The molecule has 0 saturated heterocycles. The second-order valence-corrected chi connectivity index (χ2v) is 8.10. The van der Waals surface area contributed by atoms with Crippen molar-refractivity contribution in [3.8, 4) is 0 Å². The van der Waals surface area contributed by atoms with Gasteiger partial charge in [-0.3, -0.25) is 23.5 Å². The maximum absolute atomic E-state index is 12.0. The van der Waals surface area contributed by atoms with Crippen LogP contribution < -0.4 is 15.8 Å². The molecule has 0 aromatic rings. The quantitative estimate of drug-likeness (QED) is 0.135. The molecule has 0 fully saturated rings. The molecule has 0 aliphatic rings. The fraction of sp³-hybridized carbons (Fsp3) is 0.800. The van der Waals surface area contributed by atoms with Crippen molar-refractivity contribution in [2.45, 2.75) is 39.7 Å². The van der Waals surface area contributed by atoms with Crippen molar-refractivity contribution in [2.75, 3.05) is 33.9 Å². The van der Waals surface area contributed by atoms with Gasteiger partial charge in [-0.2, -0.15) is 0 Å². The van der Waals surface area contributed by atoms with E-state index in [1.54, 1.807) is 0 Å². The summed E-state index contributed by atoms with van der Waals surface area (Å²) >= 11 is 0. The molecule has 5 N–H and O–H groups in total. The standard InChI is InChI=1S/C15H30N3O8P/c1-11(18-24-4)6-8-16-12(19)7-9-17-14(21)13(20)15(2,3)10-26-27(22,23)25-5/h13,20H,6-10H2,1-5H3,(H,16,19)(H,17,21)(H,22,23)/p+1/b18-11+/t13-/m0/s1. The number of aliphatic hydroxyl groups is 1. The van der Waals surface area contributed by atoms with Crippen LogP contribution in [-0.4, -0.2) is 67.5 Å². The van der Waals surface area contributed by atoms with Crippen LogP contribution in [0.3, 0.4) is 0 Å². The van der Waals surface area contributed by atoms with Crippen molar-refractivity contribution in [1.82, 2.24) is 10.6 Å². The van der Waals surface area contributed by atoms with Crippen LogP contribution in [0.15, 0.2) is 0 Å². The van der Waals surface area contributed by atoms with Crippen molar-refractivity contribution < 1.29 is 43.2 Å². The largest absolute Gasteiger partial charge is 0.471 e. The molecule has 0 aromatic carbocycles. The van der Waals surface area contributed by atoms with Crippen LogP contribution in [-0.2, 0) is 28.0 Å². The minimum Gasteiger partial charge on any atom is -0.383 e. The molecule has 0 heterocycles. The summed E-state index contributed by atoms with van der Waals surface area (Å²) in [6, 6.07) is 0. The molecule has 1 unspecified atom stereocenters. The molecule has 158 valence electrons. The molecule has 0 bridgehead atoms. The third-order valence-electron chi connectivity index (χ3n) is 3.57. The number of amides is 2. The third-order valence-corrected chi connectivity index (χ3v) is 4.49. The van der Waals surface area contributed by atoms with Gasteiger partial charge in [-0.05, 0) is 5.16 Å². The average Bonchev–Trinajstić information content (AvgIpc) is 2.59. The van der Waals surface area contributed by atoms with Crippen LogP contribution in [0.25, 0.3) is 0 Å². The van der Waals surface area contributed by atoms with Crippen LogP contribution in [0.5, 0.6) is 0 Å². The SMILES string of the molecule is CO/[NH+]=C(\C)CCNC(=O)CCNC(=O)[C@H](O)C(C)(C)COP(=O)(O)OC. The van der Waals surface area contributed by atoms with Gasteiger partial charge in [0, 0.05) is 45.4 Å². The number of nitrogens with one attached hydrogen (secondary N) is 3. The first-order chi connectivity index (χ1) is 12.4. The number of hydrogen-bond donors (Lipinski definition) is 5. The molecule has 0 rings (SSSR count). The Morgan fingerprint density at radius 3 is 2.33 bits per heavy atom. The maximum Gasteiger partial charge on any atom is 0.471 e. The van der Waals surface area contributed by atoms with Gasteiger partial charge >= 0.3 is 7.82 Å². The highest BCUT2D eigenvalue weighted by Gasteiger charge is 2.36. The van der Waals surface area contributed by atoms with Gasteiger partial charge in [0.15, 0.2) is 0 Å². The van der Waals surface area contributed by atoms with E-state index in [-0.39, 0.29) is 25.5 Å². The van der Waals surface area contributed by atoms with Crippen LogP contribution in [0.2, 0.25) is 0 Å². The molecule has 0 radical (unpaired) electrons. The molecule has 2 amide bonds. The molecular weight excluding hydrogens is 381 g/mol. The average molecular weight is 412 g/mol. The lowest BCUT2D eigenvalue weighted by atomic mass is 9.87. The van der Waals surface area contributed by atoms with E-state index >= 15 is 0 Å². The van der Waals surface area contributed by atoms with Crippen LogP contribution in [0, 0.1) is 5.41 Å². The Morgan fingerprint density at radius 1 is 1.19 bits per heavy atom. The van der Waals surface area contributed by atoms with Crippen molar-refractivity contribution in [3.63, 3.8) is 0 Å². The number of aliphatic hydroxyl groups excluding tert-OH is 1. The molecule has 2 atom stereocenters. The monoisotopic (exact) mass is 412 g/mol. The van der Waals surface area contributed by atoms with E-state index in [9.17, 15) is 24.2 Å². The highest BCUT2D eigenvalue weighted by Crippen LogP contribution is 2.43. The Bertz CT molecular complexity index is 567. The highest BCUT2D eigenvalue weighted by atomic mass is 31.2. The Labute approximate surface area is 159 Å². The Hall–Kier alpha value is -1.52. The predicted octanol–water partition coefficient (Wildman–Crippen LogP) is -1.75. The normalized spacial score (nSPS) is 15.6. The summed E-state index contributed by atoms with van der Waals surface area (Å²) in [6.07, 6.45) is -0.869. The fourth-order valence-electron chi connectivity index (χ4n) is 1.83. The summed E-state index contributed by atoms with van der Waals surface area (Å²) in [7, 11) is -1.70. The first kappa shape index (κ1) is 25.5. The van der Waals surface area contributed by atoms with Crippen LogP contribution >= 0.6 is 7.82 Å². The topological polar surface area (TPSA) is 157 Å². The molecule has 0 spiro atoms. The van der Waals surface area contributed by atoms with E-state index in [1.165, 1.54) is 21.0 Å². The van der Waals surface area contributed by atoms with Crippen molar-refractivity contribution in [3.05, 3.63) is 0 Å². The smallest absolute Gasteiger partial charge is 0.383 e. The van der Waals surface area contributed by atoms with Crippen molar-refractivity contribution in [2.24, 2.45) is 5.41 Å². The van der Waals surface area contributed by atoms with Gasteiger partial charge in [-0.25, -0.2) is 4.57 Å². The van der Waals surface area contributed by atoms with E-state index in [2.05, 4.69) is 20.3 Å². The maximum atomic E-state index is 12.0. The molecule has 0 saturated carbocycles. The van der Waals surface area contributed by atoms with Crippen molar-refractivity contribution in [1.29, 1.82) is 0 Å². The summed E-state index contributed by atoms with van der Waals surface area (Å²) < 4.78 is 20.3. The van der Waals surface area contributed by atoms with Gasteiger partial charge < -0.3 is 20.6 Å². The van der Waals surface area contributed by atoms with E-state index < -0.39 is 25.2 Å². The molecule has 0 aromatic heterocycles. The van der Waals surface area contributed by atoms with Crippen LogP contribution in [0.4, 0.5) is 0 Å². The molecule has 27 heavy (non-hydrogen) atoms. The minimum absolute atomic E-state index is 0.0360. The van der Waals surface area contributed by atoms with Gasteiger partial charge in [0.2, 0.25) is 17.5 Å². The van der Waals surface area contributed by atoms with Gasteiger partial charge in [-0.15, -0.1) is 0 Å². The van der Waals surface area contributed by atoms with Crippen LogP contribution in [0.1, 0.15) is 33.6 Å². The number of phosphoric acid groups is 1. The third kappa shape index (κ3) is 11.0. The summed E-state index contributed by atoms with van der Waals surface area (Å²) in [4.78, 5) is 37.6. The zero-order valence-electron chi connectivity index (χ0n) is 16.4. The van der Waals surface area contributed by atoms with E-state index in [0.717, 1.165) is 12.8 Å². The van der Waals surface area contributed by atoms with E-state index in [0.29, 0.717) is 13.0 Å². The number of rotatable bonds is 13. The predicted molar refractivity (Wildman–Crippen MR) is 96.5 cm³/mol. The zero-order valence-corrected chi connectivity index (χ0v) is 17.3. The van der Waals surface area contributed by atoms with Gasteiger partial charge in [0.05, 0.1) is 6.61 Å². The zero-order chi connectivity index (χ0) is 21.1. The van der Waals surface area contributed by atoms with Gasteiger partial charge in [0.25, 0.3) is 0 Å². The van der Waals surface area contributed by atoms with Crippen molar-refractivity contribution >= 4 is 25.3 Å². The second kappa shape index (κ2) is 12.0. The Kier molecular flexibility index (Phi) is 11.4. The number of hydrogen-bond acceptors (Lipinski definition) is 7. The lowest BCUT2D eigenvalue weighted by Gasteiger charge is -2.29. The molecule has 0 aliphatic carbocycles. The number of phosphoric ester groups is 1. The number of carbonyl (C=O) groups excluding carboxylic acids is 2. The molecular formula is C15H31N3O8P+. The summed E-state index contributed by atoms with van der Waals surface area (Å²) in [5, 5.41) is 17.9. The highest BCUT2D eigenvalue weighted by molar-refractivity contribution is 7.47. The molecule has 12 heteroatoms. The van der Waals surface area contributed by atoms with E-state index in [1.807, 2.05) is 6.92 Å². The molecule has 11 nitrogen and oxygen atoms in total. The Morgan fingerprint density at radius 2 is 1.78 bits per heavy atom. The second-order valence-electron chi connectivity index (χ2n) is 6.54. The summed E-state index contributed by atoms with van der Waals surface area (Å²) in [6.45, 7) is 4.88. The fourth-order valence-corrected chi connectivity index (χ4v) is 2.43. The number of carbonyl (C=O) groups is 2. The summed E-state index contributed by atoms with van der Waals surface area (Å²) in [5.74, 6) is -0.964. The summed E-state index contributed by atoms with van der Waals surface area (Å²) in [5.41, 5.74) is -0.287. The first-order valence-electron chi connectivity index (χ1n) is 8.32. The van der Waals surface area contributed by atoms with E-state index in [4.69, 9.17) is 9.36 Å². The van der Waals surface area contributed by atoms with Gasteiger partial charge in [0.1, 0.15) is 13.2 Å². The lowest BCUT2D eigenvalue weighted by Crippen LogP contribution is -2.70. The molecule has 0 aliphatic heterocycles. The minimum atomic E-state index is -4.21. The lowest BCUT2D eigenvalue weighted by molar-refractivity contribution is -0.745. The van der Waals surface area contributed by atoms with Gasteiger partial charge in [-0.1, -0.05) is 13.8 Å². The Balaban J connectivity index is 4.23. The first-order valence-corrected chi connectivity index (χ1v) is 9.81.